The van der Waals surface area contributed by atoms with Crippen molar-refractivity contribution in [3.63, 3.8) is 0 Å². The van der Waals surface area contributed by atoms with Crippen molar-refractivity contribution >= 4 is 11.8 Å². The molecule has 1 rings (SSSR count). The van der Waals surface area contributed by atoms with E-state index >= 15 is 0 Å². The van der Waals surface area contributed by atoms with Gasteiger partial charge in [-0.25, -0.2) is 0 Å². The number of carbonyl (C=O) groups excluding carboxylic acids is 2. The van der Waals surface area contributed by atoms with Crippen LogP contribution >= 0.6 is 0 Å². The average Bonchev–Trinajstić information content (AvgIpc) is 2.77. The first-order valence-corrected chi connectivity index (χ1v) is 7.04. The molecule has 0 aliphatic carbocycles. The summed E-state index contributed by atoms with van der Waals surface area (Å²) in [6.45, 7) is 7.71. The van der Waals surface area contributed by atoms with Crippen molar-refractivity contribution in [3.05, 3.63) is 24.4 Å². The second-order valence-electron chi connectivity index (χ2n) is 5.86. The van der Waals surface area contributed by atoms with Gasteiger partial charge in [-0.3, -0.25) is 9.59 Å². The number of rotatable bonds is 8. The first-order valence-electron chi connectivity index (χ1n) is 7.04. The molecule has 0 spiro atoms. The van der Waals surface area contributed by atoms with E-state index in [0.717, 1.165) is 6.42 Å². The third kappa shape index (κ3) is 4.68. The van der Waals surface area contributed by atoms with Crippen molar-refractivity contribution in [1.29, 1.82) is 0 Å². The predicted octanol–water partition coefficient (Wildman–Crippen LogP) is 0.174. The first kappa shape index (κ1) is 17.4. The average molecular weight is 296 g/mol. The lowest BCUT2D eigenvalue weighted by atomic mass is 9.87. The van der Waals surface area contributed by atoms with Gasteiger partial charge >= 0.3 is 0 Å². The number of aliphatic hydroxyl groups is 2. The lowest BCUT2D eigenvalue weighted by Crippen LogP contribution is -2.45. The van der Waals surface area contributed by atoms with E-state index in [0.29, 0.717) is 25.2 Å². The number of allylic oxidation sites excluding steroid dienone is 1. The molecule has 3 N–H and O–H groups in total. The lowest BCUT2D eigenvalue weighted by Gasteiger charge is -2.27. The summed E-state index contributed by atoms with van der Waals surface area (Å²) in [7, 11) is 0. The molecule has 1 unspecified atom stereocenters. The van der Waals surface area contributed by atoms with Crippen molar-refractivity contribution in [2.45, 2.75) is 32.8 Å². The van der Waals surface area contributed by atoms with Crippen molar-refractivity contribution < 1.29 is 19.8 Å². The molecule has 0 fully saturated rings. The quantitative estimate of drug-likeness (QED) is 0.557. The number of aliphatic hydroxyl groups excluding tert-OH is 2. The second-order valence-corrected chi connectivity index (χ2v) is 5.86. The third-order valence-corrected chi connectivity index (χ3v) is 3.53. The van der Waals surface area contributed by atoms with Gasteiger partial charge in [-0.05, 0) is 18.9 Å². The van der Waals surface area contributed by atoms with Crippen LogP contribution < -0.4 is 5.32 Å². The zero-order valence-electron chi connectivity index (χ0n) is 12.6. The van der Waals surface area contributed by atoms with Crippen LogP contribution in [0.15, 0.2) is 24.4 Å². The molecule has 0 bridgehead atoms. The summed E-state index contributed by atoms with van der Waals surface area (Å²) in [5.41, 5.74) is -0.181. The summed E-state index contributed by atoms with van der Waals surface area (Å²) in [6, 6.07) is 0. The minimum absolute atomic E-state index is 0.0656. The Morgan fingerprint density at radius 1 is 1.43 bits per heavy atom. The van der Waals surface area contributed by atoms with Gasteiger partial charge in [0.2, 0.25) is 5.91 Å². The molecule has 6 nitrogen and oxygen atoms in total. The Labute approximate surface area is 125 Å². The Balaban J connectivity index is 2.21. The molecule has 1 aliphatic heterocycles. The Hall–Kier alpha value is -1.66. The zero-order valence-corrected chi connectivity index (χ0v) is 12.6. The van der Waals surface area contributed by atoms with Gasteiger partial charge in [0, 0.05) is 30.3 Å². The molecule has 0 radical (unpaired) electrons. The molecule has 21 heavy (non-hydrogen) atoms. The van der Waals surface area contributed by atoms with E-state index in [2.05, 4.69) is 11.9 Å². The molecule has 0 aromatic rings. The summed E-state index contributed by atoms with van der Waals surface area (Å²) in [5, 5.41) is 21.5. The number of hydrogen-bond donors (Lipinski definition) is 3. The largest absolute Gasteiger partial charge is 0.396 e. The molecule has 1 heterocycles. The number of carbonyl (C=O) groups is 2. The van der Waals surface area contributed by atoms with E-state index in [1.54, 1.807) is 24.8 Å². The van der Waals surface area contributed by atoms with Crippen LogP contribution in [-0.2, 0) is 9.59 Å². The highest BCUT2D eigenvalue weighted by atomic mass is 16.3. The molecule has 0 aromatic carbocycles. The fourth-order valence-corrected chi connectivity index (χ4v) is 1.89. The summed E-state index contributed by atoms with van der Waals surface area (Å²) < 4.78 is 0. The molecule has 2 amide bonds. The van der Waals surface area contributed by atoms with Crippen LogP contribution in [0.1, 0.15) is 26.7 Å². The van der Waals surface area contributed by atoms with E-state index in [-0.39, 0.29) is 12.5 Å². The lowest BCUT2D eigenvalue weighted by molar-refractivity contribution is -0.137. The van der Waals surface area contributed by atoms with Gasteiger partial charge in [0.05, 0.1) is 6.61 Å². The Morgan fingerprint density at radius 2 is 2.10 bits per heavy atom. The van der Waals surface area contributed by atoms with Gasteiger partial charge < -0.3 is 20.4 Å². The monoisotopic (exact) mass is 296 g/mol. The number of unbranched alkanes of at least 4 members (excludes halogenated alkanes) is 1. The van der Waals surface area contributed by atoms with Crippen LogP contribution in [0, 0.1) is 5.41 Å². The smallest absolute Gasteiger partial charge is 0.251 e. The Bertz CT molecular complexity index is 425. The number of nitrogens with one attached hydrogen (secondary N) is 1. The molecular formula is C15H24N2O4. The highest BCUT2D eigenvalue weighted by Gasteiger charge is 2.32. The van der Waals surface area contributed by atoms with E-state index in [1.807, 2.05) is 0 Å². The molecular weight excluding hydrogens is 272 g/mol. The van der Waals surface area contributed by atoms with Crippen LogP contribution in [0.25, 0.3) is 0 Å². The van der Waals surface area contributed by atoms with E-state index in [9.17, 15) is 14.7 Å². The van der Waals surface area contributed by atoms with Gasteiger partial charge in [-0.2, -0.15) is 0 Å². The van der Waals surface area contributed by atoms with E-state index in [1.165, 1.54) is 6.08 Å². The van der Waals surface area contributed by atoms with Crippen LogP contribution in [0.3, 0.4) is 0 Å². The highest BCUT2D eigenvalue weighted by molar-refractivity contribution is 5.92. The predicted molar refractivity (Wildman–Crippen MR) is 79.1 cm³/mol. The molecule has 0 saturated heterocycles. The summed E-state index contributed by atoms with van der Waals surface area (Å²) in [5.74, 6) is -0.554. The second kappa shape index (κ2) is 7.38. The summed E-state index contributed by atoms with van der Waals surface area (Å²) in [6.07, 6.45) is 3.34. The van der Waals surface area contributed by atoms with Crippen LogP contribution in [-0.4, -0.2) is 52.7 Å². The van der Waals surface area contributed by atoms with Gasteiger partial charge in [0.15, 0.2) is 0 Å². The maximum absolute atomic E-state index is 11.7. The third-order valence-electron chi connectivity index (χ3n) is 3.53. The molecule has 1 atom stereocenters. The van der Waals surface area contributed by atoms with Crippen molar-refractivity contribution in [2.24, 2.45) is 5.41 Å². The summed E-state index contributed by atoms with van der Waals surface area (Å²) in [4.78, 5) is 24.7. The highest BCUT2D eigenvalue weighted by Crippen LogP contribution is 2.19. The van der Waals surface area contributed by atoms with E-state index in [4.69, 9.17) is 5.11 Å². The van der Waals surface area contributed by atoms with Gasteiger partial charge in [0.25, 0.3) is 5.91 Å². The minimum Gasteiger partial charge on any atom is -0.396 e. The van der Waals surface area contributed by atoms with Gasteiger partial charge in [-0.15, -0.1) is 0 Å². The SMILES string of the molecule is C=C1C=CC(=O)N1CCCCNC(=O)C(O)C(C)(C)CO. The van der Waals surface area contributed by atoms with Crippen LogP contribution in [0.5, 0.6) is 0 Å². The van der Waals surface area contributed by atoms with Crippen molar-refractivity contribution in [2.75, 3.05) is 19.7 Å². The van der Waals surface area contributed by atoms with Crippen LogP contribution in [0.2, 0.25) is 0 Å². The first-order chi connectivity index (χ1) is 9.79. The van der Waals surface area contributed by atoms with Gasteiger partial charge in [-0.1, -0.05) is 20.4 Å². The van der Waals surface area contributed by atoms with Gasteiger partial charge in [0.1, 0.15) is 6.10 Å². The van der Waals surface area contributed by atoms with Crippen molar-refractivity contribution in [3.8, 4) is 0 Å². The Kier molecular flexibility index (Phi) is 6.11. The summed E-state index contributed by atoms with van der Waals surface area (Å²) >= 11 is 0. The zero-order chi connectivity index (χ0) is 16.0. The fourth-order valence-electron chi connectivity index (χ4n) is 1.89. The molecule has 0 aromatic heterocycles. The van der Waals surface area contributed by atoms with E-state index < -0.39 is 17.4 Å². The van der Waals surface area contributed by atoms with Crippen LogP contribution in [0.4, 0.5) is 0 Å². The maximum Gasteiger partial charge on any atom is 0.251 e. The normalized spacial score (nSPS) is 16.5. The van der Waals surface area contributed by atoms with Crippen molar-refractivity contribution in [1.82, 2.24) is 10.2 Å². The molecule has 118 valence electrons. The fraction of sp³-hybridized carbons (Fsp3) is 0.600. The minimum atomic E-state index is -1.24. The Morgan fingerprint density at radius 3 is 2.62 bits per heavy atom. The maximum atomic E-state index is 11.7. The number of hydrogen-bond acceptors (Lipinski definition) is 4. The molecule has 1 aliphatic rings. The number of nitrogens with zero attached hydrogens (tertiary/aromatic N) is 1. The topological polar surface area (TPSA) is 89.9 Å². The number of amides is 2. The standard InChI is InChI=1S/C15H24N2O4/c1-11-6-7-12(19)17(11)9-5-4-8-16-14(21)13(20)15(2,3)10-18/h6-7,13,18,20H,1,4-5,8-10H2,2-3H3,(H,16,21). The molecule has 6 heteroatoms. The molecule has 0 saturated carbocycles.